The van der Waals surface area contributed by atoms with Crippen molar-refractivity contribution in [2.75, 3.05) is 13.7 Å². The van der Waals surface area contributed by atoms with Crippen molar-refractivity contribution in [1.29, 1.82) is 0 Å². The molecule has 9 heteroatoms. The van der Waals surface area contributed by atoms with Gasteiger partial charge in [-0.2, -0.15) is 0 Å². The van der Waals surface area contributed by atoms with Crippen LogP contribution in [-0.2, 0) is 11.3 Å². The molecule has 4 rings (SSSR count). The maximum Gasteiger partial charge on any atom is 0.364 e. The van der Waals surface area contributed by atoms with E-state index in [9.17, 15) is 13.6 Å². The molecule has 0 amide bonds. The molecule has 0 saturated heterocycles. The topological polar surface area (TPSA) is 75.5 Å². The van der Waals surface area contributed by atoms with Gasteiger partial charge in [0, 0.05) is 6.07 Å². The van der Waals surface area contributed by atoms with Crippen LogP contribution in [0.25, 0.3) is 0 Å². The summed E-state index contributed by atoms with van der Waals surface area (Å²) in [6, 6.07) is 11.2. The van der Waals surface area contributed by atoms with E-state index in [2.05, 4.69) is 10.3 Å². The fourth-order valence-corrected chi connectivity index (χ4v) is 4.24. The minimum absolute atomic E-state index is 0.00712. The zero-order chi connectivity index (χ0) is 24.1. The summed E-state index contributed by atoms with van der Waals surface area (Å²) in [6.45, 7) is 2.27. The van der Waals surface area contributed by atoms with Crippen LogP contribution in [0.2, 0.25) is 0 Å². The molecule has 7 nitrogen and oxygen atoms in total. The van der Waals surface area contributed by atoms with Crippen LogP contribution in [-0.4, -0.2) is 40.8 Å². The number of rotatable bonds is 8. The van der Waals surface area contributed by atoms with E-state index in [1.807, 2.05) is 24.3 Å². The quantitative estimate of drug-likeness (QED) is 0.435. The molecule has 1 saturated carbocycles. The van der Waals surface area contributed by atoms with Gasteiger partial charge in [0.25, 0.3) is 0 Å². The van der Waals surface area contributed by atoms with Crippen molar-refractivity contribution in [2.45, 2.75) is 51.2 Å². The van der Waals surface area contributed by atoms with Crippen molar-refractivity contribution in [3.63, 3.8) is 0 Å². The van der Waals surface area contributed by atoms with E-state index in [1.165, 1.54) is 12.1 Å². The highest BCUT2D eigenvalue weighted by Crippen LogP contribution is 2.36. The Morgan fingerprint density at radius 3 is 2.47 bits per heavy atom. The largest absolute Gasteiger partial charge is 0.497 e. The Labute approximate surface area is 196 Å². The van der Waals surface area contributed by atoms with E-state index in [4.69, 9.17) is 14.2 Å². The molecular formula is C25H27F2N3O4. The summed E-state index contributed by atoms with van der Waals surface area (Å²) in [5, 5.41) is 8.15. The van der Waals surface area contributed by atoms with Crippen LogP contribution in [0.4, 0.5) is 8.78 Å². The summed E-state index contributed by atoms with van der Waals surface area (Å²) in [7, 11) is 1.60. The van der Waals surface area contributed by atoms with Crippen molar-refractivity contribution in [3.05, 3.63) is 70.9 Å². The lowest BCUT2D eigenvalue weighted by atomic mass is 9.82. The number of benzene rings is 2. The molecule has 2 aromatic carbocycles. The van der Waals surface area contributed by atoms with Gasteiger partial charge in [0.2, 0.25) is 11.6 Å². The van der Waals surface area contributed by atoms with Gasteiger partial charge in [-0.25, -0.2) is 18.3 Å². The number of methoxy groups -OCH3 is 1. The van der Waals surface area contributed by atoms with Crippen molar-refractivity contribution in [2.24, 2.45) is 0 Å². The van der Waals surface area contributed by atoms with Crippen molar-refractivity contribution < 1.29 is 27.8 Å². The first-order chi connectivity index (χ1) is 16.5. The third kappa shape index (κ3) is 5.35. The highest BCUT2D eigenvalue weighted by molar-refractivity contribution is 5.89. The third-order valence-electron chi connectivity index (χ3n) is 6.00. The number of hydrogen-bond donors (Lipinski definition) is 0. The average molecular weight is 472 g/mol. The monoisotopic (exact) mass is 471 g/mol. The van der Waals surface area contributed by atoms with Crippen LogP contribution in [0.3, 0.4) is 0 Å². The number of aromatic nitrogens is 3. The van der Waals surface area contributed by atoms with Crippen molar-refractivity contribution >= 4 is 5.97 Å². The predicted molar refractivity (Wildman–Crippen MR) is 120 cm³/mol. The molecule has 0 unspecified atom stereocenters. The first-order valence-corrected chi connectivity index (χ1v) is 11.3. The number of ether oxygens (including phenoxy) is 3. The van der Waals surface area contributed by atoms with Gasteiger partial charge < -0.3 is 14.2 Å². The van der Waals surface area contributed by atoms with Crippen LogP contribution in [0.1, 0.15) is 60.1 Å². The zero-order valence-electron chi connectivity index (χ0n) is 19.2. The second kappa shape index (κ2) is 10.6. The molecule has 0 bridgehead atoms. The molecule has 0 radical (unpaired) electrons. The normalized spacial score (nSPS) is 17.9. The van der Waals surface area contributed by atoms with E-state index < -0.39 is 17.6 Å². The van der Waals surface area contributed by atoms with Crippen molar-refractivity contribution in [1.82, 2.24) is 15.0 Å². The molecule has 0 aliphatic heterocycles. The van der Waals surface area contributed by atoms with Crippen LogP contribution in [0, 0.1) is 11.6 Å². The van der Waals surface area contributed by atoms with Gasteiger partial charge in [-0.15, -0.1) is 5.10 Å². The molecule has 0 spiro atoms. The highest BCUT2D eigenvalue weighted by atomic mass is 19.1. The minimum atomic E-state index is -0.597. The summed E-state index contributed by atoms with van der Waals surface area (Å²) in [4.78, 5) is 12.5. The summed E-state index contributed by atoms with van der Waals surface area (Å²) < 4.78 is 45.6. The second-order valence-electron chi connectivity index (χ2n) is 8.23. The molecule has 3 aromatic rings. The fourth-order valence-electron chi connectivity index (χ4n) is 4.24. The molecular weight excluding hydrogens is 444 g/mol. The van der Waals surface area contributed by atoms with E-state index in [0.29, 0.717) is 37.8 Å². The van der Waals surface area contributed by atoms with Crippen LogP contribution in [0.5, 0.6) is 11.6 Å². The van der Waals surface area contributed by atoms with Crippen LogP contribution < -0.4 is 9.47 Å². The molecule has 1 fully saturated rings. The maximum absolute atomic E-state index is 14.2. The molecule has 1 aromatic heterocycles. The fraction of sp³-hybridized carbons (Fsp3) is 0.400. The molecule has 180 valence electrons. The van der Waals surface area contributed by atoms with Crippen LogP contribution >= 0.6 is 0 Å². The van der Waals surface area contributed by atoms with E-state index in [1.54, 1.807) is 18.7 Å². The summed E-state index contributed by atoms with van der Waals surface area (Å²) in [5.74, 6) is -0.711. The molecule has 1 aliphatic carbocycles. The first kappa shape index (κ1) is 23.7. The highest BCUT2D eigenvalue weighted by Gasteiger charge is 2.30. The lowest BCUT2D eigenvalue weighted by Gasteiger charge is -2.29. The maximum atomic E-state index is 14.2. The first-order valence-electron chi connectivity index (χ1n) is 11.3. The van der Waals surface area contributed by atoms with Gasteiger partial charge >= 0.3 is 5.97 Å². The second-order valence-corrected chi connectivity index (χ2v) is 8.23. The SMILES string of the molecule is CCOC(=O)c1nnn(Cc2ccc(OC)cc2)c1OC1CCC(c2ccc(F)cc2F)CC1. The summed E-state index contributed by atoms with van der Waals surface area (Å²) >= 11 is 0. The van der Waals surface area contributed by atoms with Gasteiger partial charge in [-0.3, -0.25) is 0 Å². The zero-order valence-corrected chi connectivity index (χ0v) is 19.2. The number of carbonyl (C=O) groups is 1. The molecule has 1 heterocycles. The van der Waals surface area contributed by atoms with E-state index in [-0.39, 0.29) is 30.2 Å². The lowest BCUT2D eigenvalue weighted by molar-refractivity contribution is 0.0507. The summed E-state index contributed by atoms with van der Waals surface area (Å²) in [5.41, 5.74) is 1.49. The average Bonchev–Trinajstić information content (AvgIpc) is 3.22. The Morgan fingerprint density at radius 1 is 1.09 bits per heavy atom. The molecule has 34 heavy (non-hydrogen) atoms. The Hall–Kier alpha value is -3.49. The third-order valence-corrected chi connectivity index (χ3v) is 6.00. The Kier molecular flexibility index (Phi) is 7.40. The van der Waals surface area contributed by atoms with E-state index in [0.717, 1.165) is 17.4 Å². The van der Waals surface area contributed by atoms with Gasteiger partial charge in [0.1, 0.15) is 23.5 Å². The molecule has 0 atom stereocenters. The standard InChI is InChI=1S/C25H27F2N3O4/c1-3-33-25(31)23-24(30(29-28-23)15-16-4-9-19(32-2)10-5-16)34-20-11-6-17(7-12-20)21-13-8-18(26)14-22(21)27/h4-5,8-10,13-14,17,20H,3,6-7,11-12,15H2,1-2H3. The van der Waals surface area contributed by atoms with Gasteiger partial charge in [0.05, 0.1) is 20.3 Å². The Bertz CT molecular complexity index is 1130. The van der Waals surface area contributed by atoms with Crippen LogP contribution in [0.15, 0.2) is 42.5 Å². The summed E-state index contributed by atoms with van der Waals surface area (Å²) in [6.07, 6.45) is 2.47. The van der Waals surface area contributed by atoms with Gasteiger partial charge in [-0.1, -0.05) is 23.4 Å². The number of halogens is 2. The minimum Gasteiger partial charge on any atom is -0.497 e. The Morgan fingerprint density at radius 2 is 1.82 bits per heavy atom. The number of hydrogen-bond acceptors (Lipinski definition) is 6. The van der Waals surface area contributed by atoms with E-state index >= 15 is 0 Å². The number of esters is 1. The molecule has 0 N–H and O–H groups in total. The number of carbonyl (C=O) groups excluding carboxylic acids is 1. The van der Waals surface area contributed by atoms with Crippen molar-refractivity contribution in [3.8, 4) is 11.6 Å². The van der Waals surface area contributed by atoms with Gasteiger partial charge in [0.15, 0.2) is 0 Å². The number of nitrogens with zero attached hydrogens (tertiary/aromatic N) is 3. The Balaban J connectivity index is 1.49. The predicted octanol–water partition coefficient (Wildman–Crippen LogP) is 4.90. The smallest absolute Gasteiger partial charge is 0.364 e. The lowest BCUT2D eigenvalue weighted by Crippen LogP contribution is -2.26. The molecule has 1 aliphatic rings. The van der Waals surface area contributed by atoms with Gasteiger partial charge in [-0.05, 0) is 67.9 Å².